The SMILES string of the molecule is Cc1cccc2[nH]c3cc4c(=O)c5ccc(S(=O)(=O)O)cc5n(C)c4cc3c(=O)c12. The lowest BCUT2D eigenvalue weighted by molar-refractivity contribution is 0.483. The van der Waals surface area contributed by atoms with Crippen LogP contribution in [0.4, 0.5) is 0 Å². The van der Waals surface area contributed by atoms with Crippen LogP contribution in [0.3, 0.4) is 0 Å². The molecule has 0 radical (unpaired) electrons. The van der Waals surface area contributed by atoms with Crippen molar-refractivity contribution in [2.45, 2.75) is 11.8 Å². The number of aryl methyl sites for hydroxylation is 2. The van der Waals surface area contributed by atoms with Crippen molar-refractivity contribution in [1.29, 1.82) is 0 Å². The Morgan fingerprint density at radius 3 is 2.33 bits per heavy atom. The van der Waals surface area contributed by atoms with Crippen molar-refractivity contribution in [3.8, 4) is 0 Å². The first-order valence-electron chi connectivity index (χ1n) is 9.16. The van der Waals surface area contributed by atoms with E-state index >= 15 is 0 Å². The van der Waals surface area contributed by atoms with Gasteiger partial charge in [-0.3, -0.25) is 14.1 Å². The van der Waals surface area contributed by atoms with Crippen LogP contribution in [0.25, 0.3) is 43.6 Å². The fourth-order valence-corrected chi connectivity index (χ4v) is 4.61. The number of benzene rings is 3. The van der Waals surface area contributed by atoms with Gasteiger partial charge < -0.3 is 9.55 Å². The zero-order chi connectivity index (χ0) is 21.4. The number of nitrogens with zero attached hydrogens (tertiary/aromatic N) is 1. The van der Waals surface area contributed by atoms with Crippen molar-refractivity contribution >= 4 is 53.7 Å². The molecule has 0 unspecified atom stereocenters. The van der Waals surface area contributed by atoms with Crippen LogP contribution < -0.4 is 10.9 Å². The molecule has 3 aromatic carbocycles. The van der Waals surface area contributed by atoms with Crippen molar-refractivity contribution in [2.75, 3.05) is 0 Å². The van der Waals surface area contributed by atoms with Gasteiger partial charge in [-0.2, -0.15) is 8.42 Å². The number of nitrogens with one attached hydrogen (secondary N) is 1. The summed E-state index contributed by atoms with van der Waals surface area (Å²) in [5.41, 5.74) is 2.51. The molecule has 0 aliphatic rings. The molecule has 7 nitrogen and oxygen atoms in total. The predicted octanol–water partition coefficient (Wildman–Crippen LogP) is 3.24. The highest BCUT2D eigenvalue weighted by molar-refractivity contribution is 7.85. The van der Waals surface area contributed by atoms with Crippen LogP contribution in [-0.2, 0) is 17.2 Å². The summed E-state index contributed by atoms with van der Waals surface area (Å²) in [4.78, 5) is 29.3. The molecule has 0 saturated heterocycles. The summed E-state index contributed by atoms with van der Waals surface area (Å²) in [6.45, 7) is 1.87. The summed E-state index contributed by atoms with van der Waals surface area (Å²) in [6, 6.07) is 12.7. The van der Waals surface area contributed by atoms with E-state index in [1.54, 1.807) is 23.7 Å². The van der Waals surface area contributed by atoms with E-state index in [0.717, 1.165) is 5.56 Å². The van der Waals surface area contributed by atoms with Crippen LogP contribution >= 0.6 is 0 Å². The van der Waals surface area contributed by atoms with Gasteiger partial charge in [-0.15, -0.1) is 0 Å². The van der Waals surface area contributed by atoms with Gasteiger partial charge in [-0.1, -0.05) is 12.1 Å². The summed E-state index contributed by atoms with van der Waals surface area (Å²) < 4.78 is 34.1. The minimum atomic E-state index is -4.42. The fraction of sp³-hybridized carbons (Fsp3) is 0.0909. The molecule has 0 aliphatic heterocycles. The van der Waals surface area contributed by atoms with Crippen LogP contribution in [-0.4, -0.2) is 22.5 Å². The molecule has 150 valence electrons. The van der Waals surface area contributed by atoms with E-state index in [2.05, 4.69) is 4.98 Å². The summed E-state index contributed by atoms with van der Waals surface area (Å²) in [7, 11) is -2.73. The molecule has 2 aromatic heterocycles. The van der Waals surface area contributed by atoms with Crippen molar-refractivity contribution in [2.24, 2.45) is 7.05 Å². The topological polar surface area (TPSA) is 109 Å². The van der Waals surface area contributed by atoms with Crippen LogP contribution in [0.5, 0.6) is 0 Å². The first-order chi connectivity index (χ1) is 14.2. The molecular formula is C22H16N2O5S. The Balaban J connectivity index is 2.00. The molecule has 2 N–H and O–H groups in total. The Morgan fingerprint density at radius 2 is 1.60 bits per heavy atom. The second-order valence-corrected chi connectivity index (χ2v) is 8.83. The van der Waals surface area contributed by atoms with Crippen molar-refractivity contribution in [3.05, 3.63) is 74.5 Å². The van der Waals surface area contributed by atoms with Crippen molar-refractivity contribution < 1.29 is 13.0 Å². The molecular weight excluding hydrogens is 404 g/mol. The monoisotopic (exact) mass is 420 g/mol. The van der Waals surface area contributed by atoms with Gasteiger partial charge in [0.15, 0.2) is 10.9 Å². The van der Waals surface area contributed by atoms with Gasteiger partial charge in [0, 0.05) is 28.6 Å². The normalized spacial score (nSPS) is 12.4. The molecule has 0 spiro atoms. The molecule has 5 rings (SSSR count). The minimum absolute atomic E-state index is 0.141. The van der Waals surface area contributed by atoms with Gasteiger partial charge in [-0.05, 0) is 48.9 Å². The number of hydrogen-bond donors (Lipinski definition) is 2. The van der Waals surface area contributed by atoms with E-state index < -0.39 is 10.1 Å². The molecule has 8 heteroatoms. The molecule has 0 aliphatic carbocycles. The van der Waals surface area contributed by atoms with Gasteiger partial charge in [0.05, 0.1) is 27.0 Å². The number of pyridine rings is 2. The molecule has 2 heterocycles. The Bertz CT molecular complexity index is 1780. The maximum absolute atomic E-state index is 13.2. The third-order valence-electron chi connectivity index (χ3n) is 5.63. The van der Waals surface area contributed by atoms with E-state index in [1.807, 2.05) is 25.1 Å². The second kappa shape index (κ2) is 6.01. The van der Waals surface area contributed by atoms with E-state index in [1.165, 1.54) is 18.2 Å². The predicted molar refractivity (Wildman–Crippen MR) is 117 cm³/mol. The summed E-state index contributed by atoms with van der Waals surface area (Å²) in [5.74, 6) is 0. The maximum atomic E-state index is 13.2. The van der Waals surface area contributed by atoms with Gasteiger partial charge in [0.2, 0.25) is 0 Å². The van der Waals surface area contributed by atoms with Crippen molar-refractivity contribution in [1.82, 2.24) is 9.55 Å². The zero-order valence-corrected chi connectivity index (χ0v) is 16.9. The lowest BCUT2D eigenvalue weighted by Crippen LogP contribution is -2.12. The van der Waals surface area contributed by atoms with Crippen molar-refractivity contribution in [3.63, 3.8) is 0 Å². The first kappa shape index (κ1) is 18.5. The molecule has 30 heavy (non-hydrogen) atoms. The summed E-state index contributed by atoms with van der Waals surface area (Å²) in [5, 5.41) is 1.74. The van der Waals surface area contributed by atoms with E-state index in [4.69, 9.17) is 0 Å². The third kappa shape index (κ3) is 2.51. The van der Waals surface area contributed by atoms with Crippen LogP contribution in [0.15, 0.2) is 63.0 Å². The van der Waals surface area contributed by atoms with Gasteiger partial charge in [-0.25, -0.2) is 0 Å². The fourth-order valence-electron chi connectivity index (χ4n) is 4.11. The first-order valence-corrected chi connectivity index (χ1v) is 10.6. The molecule has 0 atom stereocenters. The number of hydrogen-bond acceptors (Lipinski definition) is 4. The molecule has 0 saturated carbocycles. The quantitative estimate of drug-likeness (QED) is 0.320. The molecule has 0 bridgehead atoms. The molecule has 0 amide bonds. The number of H-pyrrole nitrogens is 1. The molecule has 5 aromatic rings. The summed E-state index contributed by atoms with van der Waals surface area (Å²) in [6.07, 6.45) is 0. The van der Waals surface area contributed by atoms with Crippen LogP contribution in [0.1, 0.15) is 5.56 Å². The Hall–Kier alpha value is -3.49. The average Bonchev–Trinajstić information content (AvgIpc) is 2.70. The highest BCUT2D eigenvalue weighted by Gasteiger charge is 2.16. The lowest BCUT2D eigenvalue weighted by Gasteiger charge is -2.13. The lowest BCUT2D eigenvalue weighted by atomic mass is 10.0. The highest BCUT2D eigenvalue weighted by atomic mass is 32.2. The van der Waals surface area contributed by atoms with E-state index in [-0.39, 0.29) is 15.8 Å². The van der Waals surface area contributed by atoms with Crippen LogP contribution in [0, 0.1) is 6.92 Å². The van der Waals surface area contributed by atoms with Gasteiger partial charge >= 0.3 is 0 Å². The smallest absolute Gasteiger partial charge is 0.294 e. The largest absolute Gasteiger partial charge is 0.354 e. The second-order valence-electron chi connectivity index (χ2n) is 7.41. The minimum Gasteiger partial charge on any atom is -0.354 e. The number of rotatable bonds is 1. The average molecular weight is 420 g/mol. The third-order valence-corrected chi connectivity index (χ3v) is 6.48. The van der Waals surface area contributed by atoms with E-state index in [0.29, 0.717) is 43.6 Å². The standard InChI is InChI=1S/C22H16N2O5S/c1-11-4-3-5-16-20(11)22(26)14-10-19-15(9-17(14)23-16)21(25)13-7-6-12(30(27,28)29)8-18(13)24(19)2/h3-10H,1-2H3,(H,23,26)(H,27,28,29). The number of aromatic nitrogens is 2. The Labute approximate surface area is 169 Å². The zero-order valence-electron chi connectivity index (χ0n) is 16.1. The Kier molecular flexibility index (Phi) is 3.71. The van der Waals surface area contributed by atoms with Crippen LogP contribution in [0.2, 0.25) is 0 Å². The Morgan fingerprint density at radius 1 is 0.867 bits per heavy atom. The highest BCUT2D eigenvalue weighted by Crippen LogP contribution is 2.25. The number of aromatic amines is 1. The van der Waals surface area contributed by atoms with Gasteiger partial charge in [0.1, 0.15) is 0 Å². The van der Waals surface area contributed by atoms with Gasteiger partial charge in [0.25, 0.3) is 10.1 Å². The van der Waals surface area contributed by atoms with E-state index in [9.17, 15) is 22.6 Å². The molecule has 0 fully saturated rings. The number of fused-ring (bicyclic) bond motifs is 4. The summed E-state index contributed by atoms with van der Waals surface area (Å²) >= 11 is 0. The maximum Gasteiger partial charge on any atom is 0.294 e.